The van der Waals surface area contributed by atoms with Gasteiger partial charge < -0.3 is 4.74 Å². The summed E-state index contributed by atoms with van der Waals surface area (Å²) in [4.78, 5) is 13.0. The van der Waals surface area contributed by atoms with Crippen LogP contribution in [0.15, 0.2) is 24.3 Å². The Labute approximate surface area is 126 Å². The first kappa shape index (κ1) is 15.8. The maximum absolute atomic E-state index is 10.9. The van der Waals surface area contributed by atoms with Crippen LogP contribution in [0, 0.1) is 16.0 Å². The molecule has 0 N–H and O–H groups in total. The van der Waals surface area contributed by atoms with Crippen molar-refractivity contribution in [1.29, 1.82) is 0 Å². The standard InChI is InChI=1S/C16H24N2O3/c1-12(2)13(3)17(14-8-9-14)10-11-21-16-7-5-4-6-15(16)18(19)20/h4-7,12-14H,8-11H2,1-3H3. The second-order valence-corrected chi connectivity index (χ2v) is 6.03. The van der Waals surface area contributed by atoms with Gasteiger partial charge in [0.1, 0.15) is 6.61 Å². The molecule has 0 saturated heterocycles. The van der Waals surface area contributed by atoms with Gasteiger partial charge in [-0.25, -0.2) is 0 Å². The van der Waals surface area contributed by atoms with Crippen LogP contribution in [0.25, 0.3) is 0 Å². The third kappa shape index (κ3) is 4.17. The highest BCUT2D eigenvalue weighted by molar-refractivity contribution is 5.45. The summed E-state index contributed by atoms with van der Waals surface area (Å²) in [7, 11) is 0. The summed E-state index contributed by atoms with van der Waals surface area (Å²) in [6.45, 7) is 7.99. The predicted molar refractivity (Wildman–Crippen MR) is 82.6 cm³/mol. The first-order valence-corrected chi connectivity index (χ1v) is 7.62. The van der Waals surface area contributed by atoms with Gasteiger partial charge in [-0.3, -0.25) is 15.0 Å². The first-order valence-electron chi connectivity index (χ1n) is 7.62. The Morgan fingerprint density at radius 1 is 1.33 bits per heavy atom. The van der Waals surface area contributed by atoms with E-state index < -0.39 is 4.92 Å². The van der Waals surface area contributed by atoms with Gasteiger partial charge in [-0.2, -0.15) is 0 Å². The molecule has 1 saturated carbocycles. The van der Waals surface area contributed by atoms with Gasteiger partial charge in [-0.1, -0.05) is 26.0 Å². The minimum absolute atomic E-state index is 0.0346. The summed E-state index contributed by atoms with van der Waals surface area (Å²) in [5.74, 6) is 0.951. The molecule has 1 aliphatic rings. The largest absolute Gasteiger partial charge is 0.485 e. The van der Waals surface area contributed by atoms with Crippen molar-refractivity contribution in [1.82, 2.24) is 4.90 Å². The molecule has 2 rings (SSSR count). The molecule has 0 aliphatic heterocycles. The van der Waals surface area contributed by atoms with E-state index in [1.807, 2.05) is 0 Å². The molecule has 1 atom stereocenters. The number of ether oxygens (including phenoxy) is 1. The fourth-order valence-electron chi connectivity index (χ4n) is 2.50. The predicted octanol–water partition coefficient (Wildman–Crippen LogP) is 3.48. The second kappa shape index (κ2) is 6.89. The summed E-state index contributed by atoms with van der Waals surface area (Å²) in [5.41, 5.74) is 0.0346. The monoisotopic (exact) mass is 292 g/mol. The molecule has 5 heteroatoms. The summed E-state index contributed by atoms with van der Waals surface area (Å²) >= 11 is 0. The maximum Gasteiger partial charge on any atom is 0.310 e. The Morgan fingerprint density at radius 3 is 2.57 bits per heavy atom. The molecule has 1 unspecified atom stereocenters. The number of hydrogen-bond acceptors (Lipinski definition) is 4. The average Bonchev–Trinajstić information content (AvgIpc) is 3.27. The SMILES string of the molecule is CC(C)C(C)N(CCOc1ccccc1[N+](=O)[O-])C1CC1. The van der Waals surface area contributed by atoms with Crippen LogP contribution in [0.5, 0.6) is 5.75 Å². The molecule has 21 heavy (non-hydrogen) atoms. The van der Waals surface area contributed by atoms with Gasteiger partial charge in [-0.05, 0) is 31.7 Å². The molecular weight excluding hydrogens is 268 g/mol. The van der Waals surface area contributed by atoms with E-state index in [2.05, 4.69) is 25.7 Å². The number of benzene rings is 1. The van der Waals surface area contributed by atoms with Crippen molar-refractivity contribution in [2.24, 2.45) is 5.92 Å². The van der Waals surface area contributed by atoms with Crippen LogP contribution >= 0.6 is 0 Å². The minimum Gasteiger partial charge on any atom is -0.485 e. The quantitative estimate of drug-likeness (QED) is 0.543. The normalized spacial score (nSPS) is 16.2. The Bertz CT molecular complexity index is 486. The zero-order valence-corrected chi connectivity index (χ0v) is 13.0. The van der Waals surface area contributed by atoms with Gasteiger partial charge in [0.05, 0.1) is 4.92 Å². The van der Waals surface area contributed by atoms with Gasteiger partial charge >= 0.3 is 5.69 Å². The molecule has 0 heterocycles. The molecule has 116 valence electrons. The highest BCUT2D eigenvalue weighted by atomic mass is 16.6. The van der Waals surface area contributed by atoms with E-state index in [1.165, 1.54) is 18.9 Å². The summed E-state index contributed by atoms with van der Waals surface area (Å²) in [6.07, 6.45) is 2.51. The molecule has 1 aliphatic carbocycles. The molecule has 0 radical (unpaired) electrons. The van der Waals surface area contributed by atoms with Crippen molar-refractivity contribution in [3.05, 3.63) is 34.4 Å². The minimum atomic E-state index is -0.398. The highest BCUT2D eigenvalue weighted by Gasteiger charge is 2.33. The van der Waals surface area contributed by atoms with Crippen molar-refractivity contribution >= 4 is 5.69 Å². The summed E-state index contributed by atoms with van der Waals surface area (Å²) in [5, 5.41) is 10.9. The van der Waals surface area contributed by atoms with E-state index in [4.69, 9.17) is 4.74 Å². The molecule has 1 aromatic rings. The van der Waals surface area contributed by atoms with E-state index in [0.29, 0.717) is 30.4 Å². The molecule has 0 amide bonds. The van der Waals surface area contributed by atoms with E-state index >= 15 is 0 Å². The van der Waals surface area contributed by atoms with Gasteiger partial charge in [0.15, 0.2) is 5.75 Å². The van der Waals surface area contributed by atoms with Crippen LogP contribution in [0.1, 0.15) is 33.6 Å². The van der Waals surface area contributed by atoms with Crippen molar-refractivity contribution < 1.29 is 9.66 Å². The average molecular weight is 292 g/mol. The fraction of sp³-hybridized carbons (Fsp3) is 0.625. The molecule has 0 bridgehead atoms. The number of nitro groups is 1. The fourth-order valence-corrected chi connectivity index (χ4v) is 2.50. The Hall–Kier alpha value is -1.62. The lowest BCUT2D eigenvalue weighted by Crippen LogP contribution is -2.41. The lowest BCUT2D eigenvalue weighted by molar-refractivity contribution is -0.385. The molecule has 5 nitrogen and oxygen atoms in total. The molecule has 1 aromatic carbocycles. The Balaban J connectivity index is 1.92. The molecular formula is C16H24N2O3. The number of rotatable bonds is 8. The lowest BCUT2D eigenvalue weighted by Gasteiger charge is -2.31. The van der Waals surface area contributed by atoms with Crippen LogP contribution in [0.3, 0.4) is 0 Å². The lowest BCUT2D eigenvalue weighted by atomic mass is 10.0. The molecule has 0 aromatic heterocycles. The van der Waals surface area contributed by atoms with Gasteiger partial charge in [-0.15, -0.1) is 0 Å². The summed E-state index contributed by atoms with van der Waals surface area (Å²) < 4.78 is 5.65. The number of hydrogen-bond donors (Lipinski definition) is 0. The highest BCUT2D eigenvalue weighted by Crippen LogP contribution is 2.31. The van der Waals surface area contributed by atoms with Gasteiger partial charge in [0.2, 0.25) is 0 Å². The number of nitro benzene ring substituents is 1. The van der Waals surface area contributed by atoms with Gasteiger partial charge in [0, 0.05) is 24.7 Å². The van der Waals surface area contributed by atoms with Crippen LogP contribution < -0.4 is 4.74 Å². The van der Waals surface area contributed by atoms with E-state index in [9.17, 15) is 10.1 Å². The van der Waals surface area contributed by atoms with Crippen LogP contribution in [-0.2, 0) is 0 Å². The topological polar surface area (TPSA) is 55.6 Å². The second-order valence-electron chi connectivity index (χ2n) is 6.03. The van der Waals surface area contributed by atoms with Crippen LogP contribution in [0.2, 0.25) is 0 Å². The first-order chi connectivity index (χ1) is 10.0. The maximum atomic E-state index is 10.9. The Kier molecular flexibility index (Phi) is 5.17. The Morgan fingerprint density at radius 2 is 2.00 bits per heavy atom. The van der Waals surface area contributed by atoms with Crippen molar-refractivity contribution in [2.75, 3.05) is 13.2 Å². The third-order valence-electron chi connectivity index (χ3n) is 4.17. The third-order valence-corrected chi connectivity index (χ3v) is 4.17. The smallest absolute Gasteiger partial charge is 0.310 e. The van der Waals surface area contributed by atoms with Gasteiger partial charge in [0.25, 0.3) is 0 Å². The van der Waals surface area contributed by atoms with Crippen LogP contribution in [0.4, 0.5) is 5.69 Å². The number of nitrogens with zero attached hydrogens (tertiary/aromatic N) is 2. The van der Waals surface area contributed by atoms with Crippen molar-refractivity contribution in [2.45, 2.75) is 45.7 Å². The van der Waals surface area contributed by atoms with E-state index in [1.54, 1.807) is 18.2 Å². The van der Waals surface area contributed by atoms with Crippen molar-refractivity contribution in [3.8, 4) is 5.75 Å². The number of para-hydroxylation sites is 2. The molecule has 1 fully saturated rings. The van der Waals surface area contributed by atoms with Crippen molar-refractivity contribution in [3.63, 3.8) is 0 Å². The molecule has 0 spiro atoms. The zero-order chi connectivity index (χ0) is 15.4. The zero-order valence-electron chi connectivity index (χ0n) is 13.0. The van der Waals surface area contributed by atoms with Crippen LogP contribution in [-0.4, -0.2) is 35.1 Å². The van der Waals surface area contributed by atoms with E-state index in [-0.39, 0.29) is 5.69 Å². The summed E-state index contributed by atoms with van der Waals surface area (Å²) in [6, 6.07) is 7.72. The van der Waals surface area contributed by atoms with E-state index in [0.717, 1.165) is 6.54 Å².